The second-order valence-electron chi connectivity index (χ2n) is 5.49. The molecule has 0 saturated heterocycles. The molecule has 0 spiro atoms. The Morgan fingerprint density at radius 1 is 1.04 bits per heavy atom. The van der Waals surface area contributed by atoms with Crippen LogP contribution in [-0.2, 0) is 11.3 Å². The summed E-state index contributed by atoms with van der Waals surface area (Å²) in [4.78, 5) is 13.5. The Morgan fingerprint density at radius 3 is 2.56 bits per heavy atom. The molecule has 0 aliphatic heterocycles. The smallest absolute Gasteiger partial charge is 0.248 e. The highest BCUT2D eigenvalue weighted by Crippen LogP contribution is 2.29. The van der Waals surface area contributed by atoms with Crippen LogP contribution in [0.2, 0.25) is 0 Å². The van der Waals surface area contributed by atoms with Crippen molar-refractivity contribution in [3.8, 4) is 28.6 Å². The van der Waals surface area contributed by atoms with E-state index in [9.17, 15) is 4.79 Å². The zero-order chi connectivity index (χ0) is 19.2. The van der Waals surface area contributed by atoms with E-state index in [1.807, 2.05) is 18.2 Å². The maximum atomic E-state index is 12.3. The molecule has 9 nitrogen and oxygen atoms in total. The Labute approximate surface area is 155 Å². The molecule has 140 valence electrons. The second kappa shape index (κ2) is 8.17. The number of carbonyl (C=O) groups is 1. The fraction of sp³-hybridized carbons (Fsp3) is 0.222. The average Bonchev–Trinajstić information content (AvgIpc) is 3.16. The number of hydrogen-bond donors (Lipinski definition) is 1. The molecule has 0 atom stereocenters. The molecule has 0 saturated carbocycles. The lowest BCUT2D eigenvalue weighted by atomic mass is 10.2. The van der Waals surface area contributed by atoms with Crippen molar-refractivity contribution in [2.75, 3.05) is 26.6 Å². The third kappa shape index (κ3) is 4.32. The minimum absolute atomic E-state index is 0.0911. The molecule has 1 amide bonds. The zero-order valence-corrected chi connectivity index (χ0v) is 15.2. The van der Waals surface area contributed by atoms with Crippen molar-refractivity contribution in [3.05, 3.63) is 42.5 Å². The first-order valence-corrected chi connectivity index (χ1v) is 8.07. The van der Waals surface area contributed by atoms with Crippen molar-refractivity contribution in [1.82, 2.24) is 20.2 Å². The Hall–Kier alpha value is -3.62. The zero-order valence-electron chi connectivity index (χ0n) is 15.2. The van der Waals surface area contributed by atoms with Crippen molar-refractivity contribution in [2.24, 2.45) is 0 Å². The summed E-state index contributed by atoms with van der Waals surface area (Å²) in [6.07, 6.45) is 0. The second-order valence-corrected chi connectivity index (χ2v) is 5.49. The lowest BCUT2D eigenvalue weighted by molar-refractivity contribution is -0.117. The summed E-state index contributed by atoms with van der Waals surface area (Å²) in [5.41, 5.74) is 1.27. The first-order valence-electron chi connectivity index (χ1n) is 8.07. The summed E-state index contributed by atoms with van der Waals surface area (Å²) in [6, 6.07) is 12.4. The molecule has 3 aromatic rings. The Morgan fingerprint density at radius 2 is 1.81 bits per heavy atom. The van der Waals surface area contributed by atoms with Crippen LogP contribution in [0, 0.1) is 0 Å². The van der Waals surface area contributed by atoms with Gasteiger partial charge in [-0.25, -0.2) is 0 Å². The molecule has 3 rings (SSSR count). The fourth-order valence-electron chi connectivity index (χ4n) is 2.41. The molecule has 0 unspecified atom stereocenters. The van der Waals surface area contributed by atoms with Gasteiger partial charge in [-0.3, -0.25) is 4.79 Å². The maximum absolute atomic E-state index is 12.3. The van der Waals surface area contributed by atoms with E-state index in [0.717, 1.165) is 5.56 Å². The Bertz CT molecular complexity index is 941. The quantitative estimate of drug-likeness (QED) is 0.680. The van der Waals surface area contributed by atoms with Crippen LogP contribution in [-0.4, -0.2) is 47.4 Å². The van der Waals surface area contributed by atoms with Gasteiger partial charge >= 0.3 is 0 Å². The number of anilines is 1. The molecule has 1 aromatic heterocycles. The van der Waals surface area contributed by atoms with Gasteiger partial charge in [-0.15, -0.1) is 10.2 Å². The molecule has 2 aromatic carbocycles. The molecule has 0 bridgehead atoms. The predicted octanol–water partition coefficient (Wildman–Crippen LogP) is 2.00. The van der Waals surface area contributed by atoms with Crippen molar-refractivity contribution in [2.45, 2.75) is 6.54 Å². The van der Waals surface area contributed by atoms with Gasteiger partial charge < -0.3 is 19.5 Å². The van der Waals surface area contributed by atoms with E-state index in [-0.39, 0.29) is 12.5 Å². The maximum Gasteiger partial charge on any atom is 0.248 e. The van der Waals surface area contributed by atoms with Gasteiger partial charge in [-0.2, -0.15) is 4.80 Å². The van der Waals surface area contributed by atoms with Crippen LogP contribution >= 0.6 is 0 Å². The number of hydrogen-bond acceptors (Lipinski definition) is 7. The molecule has 27 heavy (non-hydrogen) atoms. The highest BCUT2D eigenvalue weighted by atomic mass is 16.5. The number of amides is 1. The minimum Gasteiger partial charge on any atom is -0.497 e. The summed E-state index contributed by atoms with van der Waals surface area (Å²) in [5, 5.41) is 14.9. The van der Waals surface area contributed by atoms with E-state index in [1.54, 1.807) is 38.5 Å². The first-order chi connectivity index (χ1) is 13.1. The van der Waals surface area contributed by atoms with Crippen LogP contribution in [0.5, 0.6) is 17.2 Å². The average molecular weight is 369 g/mol. The van der Waals surface area contributed by atoms with E-state index >= 15 is 0 Å². The number of methoxy groups -OCH3 is 3. The standard InChI is InChI=1S/C18H19N5O4/c1-25-13-6-4-5-12(9-13)18-20-22-23(21-18)11-17(24)19-15-8-7-14(26-2)10-16(15)27-3/h4-10H,11H2,1-3H3,(H,19,24). The van der Waals surface area contributed by atoms with Gasteiger partial charge in [-0.05, 0) is 29.5 Å². The number of ether oxygens (including phenoxy) is 3. The van der Waals surface area contributed by atoms with Crippen molar-refractivity contribution in [3.63, 3.8) is 0 Å². The third-order valence-electron chi connectivity index (χ3n) is 3.75. The lowest BCUT2D eigenvalue weighted by Crippen LogP contribution is -2.20. The van der Waals surface area contributed by atoms with Gasteiger partial charge in [0, 0.05) is 11.6 Å². The van der Waals surface area contributed by atoms with Gasteiger partial charge in [0.2, 0.25) is 11.7 Å². The number of benzene rings is 2. The molecule has 1 heterocycles. The predicted molar refractivity (Wildman–Crippen MR) is 98.0 cm³/mol. The van der Waals surface area contributed by atoms with E-state index in [1.165, 1.54) is 11.9 Å². The van der Waals surface area contributed by atoms with Gasteiger partial charge in [0.1, 0.15) is 23.8 Å². The van der Waals surface area contributed by atoms with E-state index in [0.29, 0.717) is 28.8 Å². The largest absolute Gasteiger partial charge is 0.497 e. The van der Waals surface area contributed by atoms with Gasteiger partial charge in [-0.1, -0.05) is 12.1 Å². The highest BCUT2D eigenvalue weighted by molar-refractivity contribution is 5.92. The molecular formula is C18H19N5O4. The van der Waals surface area contributed by atoms with Crippen LogP contribution in [0.25, 0.3) is 11.4 Å². The van der Waals surface area contributed by atoms with Crippen LogP contribution in [0.3, 0.4) is 0 Å². The molecule has 9 heteroatoms. The number of nitrogens with one attached hydrogen (secondary N) is 1. The molecule has 1 N–H and O–H groups in total. The molecule has 0 radical (unpaired) electrons. The number of aromatic nitrogens is 4. The van der Waals surface area contributed by atoms with Crippen molar-refractivity contribution in [1.29, 1.82) is 0 Å². The van der Waals surface area contributed by atoms with E-state index in [4.69, 9.17) is 14.2 Å². The fourth-order valence-corrected chi connectivity index (χ4v) is 2.41. The first kappa shape index (κ1) is 18.2. The van der Waals surface area contributed by atoms with Crippen LogP contribution in [0.4, 0.5) is 5.69 Å². The molecular weight excluding hydrogens is 350 g/mol. The number of nitrogens with zero attached hydrogens (tertiary/aromatic N) is 4. The molecule has 0 fully saturated rings. The van der Waals surface area contributed by atoms with Crippen LogP contribution < -0.4 is 19.5 Å². The van der Waals surface area contributed by atoms with Crippen LogP contribution in [0.15, 0.2) is 42.5 Å². The Kier molecular flexibility index (Phi) is 5.50. The van der Waals surface area contributed by atoms with Gasteiger partial charge in [0.15, 0.2) is 0 Å². The minimum atomic E-state index is -0.312. The summed E-state index contributed by atoms with van der Waals surface area (Å²) in [6.45, 7) is -0.0911. The van der Waals surface area contributed by atoms with Crippen molar-refractivity contribution >= 4 is 11.6 Å². The lowest BCUT2D eigenvalue weighted by Gasteiger charge is -2.11. The SMILES string of the molecule is COc1cccc(-c2nnn(CC(=O)Nc3ccc(OC)cc3OC)n2)c1. The monoisotopic (exact) mass is 369 g/mol. The highest BCUT2D eigenvalue weighted by Gasteiger charge is 2.12. The van der Waals surface area contributed by atoms with E-state index < -0.39 is 0 Å². The Balaban J connectivity index is 1.69. The summed E-state index contributed by atoms with van der Waals surface area (Å²) in [5.74, 6) is 1.90. The topological polar surface area (TPSA) is 100 Å². The molecule has 0 aliphatic carbocycles. The van der Waals surface area contributed by atoms with Crippen molar-refractivity contribution < 1.29 is 19.0 Å². The van der Waals surface area contributed by atoms with Gasteiger partial charge in [0.25, 0.3) is 0 Å². The molecule has 0 aliphatic rings. The summed E-state index contributed by atoms with van der Waals surface area (Å²) in [7, 11) is 4.66. The van der Waals surface area contributed by atoms with Gasteiger partial charge in [0.05, 0.1) is 27.0 Å². The normalized spacial score (nSPS) is 10.3. The summed E-state index contributed by atoms with van der Waals surface area (Å²) >= 11 is 0. The number of carbonyl (C=O) groups excluding carboxylic acids is 1. The third-order valence-corrected chi connectivity index (χ3v) is 3.75. The number of rotatable bonds is 7. The van der Waals surface area contributed by atoms with E-state index in [2.05, 4.69) is 20.7 Å². The van der Waals surface area contributed by atoms with Crippen LogP contribution in [0.1, 0.15) is 0 Å². The summed E-state index contributed by atoms with van der Waals surface area (Å²) < 4.78 is 15.6. The number of tetrazole rings is 1.